The van der Waals surface area contributed by atoms with Crippen molar-refractivity contribution in [2.45, 2.75) is 45.6 Å². The summed E-state index contributed by atoms with van der Waals surface area (Å²) in [7, 11) is 1.93. The highest BCUT2D eigenvalue weighted by Gasteiger charge is 2.26. The van der Waals surface area contributed by atoms with Crippen LogP contribution in [-0.2, 0) is 26.5 Å². The van der Waals surface area contributed by atoms with E-state index in [1.807, 2.05) is 17.9 Å². The molecule has 0 unspecified atom stereocenters. The number of aryl methyl sites for hydroxylation is 2. The summed E-state index contributed by atoms with van der Waals surface area (Å²) in [6.07, 6.45) is 4.77. The Morgan fingerprint density at radius 2 is 1.93 bits per heavy atom. The number of fused-ring (bicyclic) bond motifs is 3. The van der Waals surface area contributed by atoms with Crippen LogP contribution in [0.2, 0.25) is 0 Å². The molecule has 140 valence electrons. The van der Waals surface area contributed by atoms with Crippen molar-refractivity contribution in [2.24, 2.45) is 7.05 Å². The average Bonchev–Trinajstić information content (AvgIpc) is 2.93. The molecule has 1 aliphatic carbocycles. The van der Waals surface area contributed by atoms with E-state index in [1.54, 1.807) is 12.1 Å². The van der Waals surface area contributed by atoms with Crippen molar-refractivity contribution in [1.29, 1.82) is 0 Å². The van der Waals surface area contributed by atoms with Crippen LogP contribution in [-0.4, -0.2) is 19.9 Å². The summed E-state index contributed by atoms with van der Waals surface area (Å²) in [5.41, 5.74) is 7.89. The predicted octanol–water partition coefficient (Wildman–Crippen LogP) is 4.39. The summed E-state index contributed by atoms with van der Waals surface area (Å²) < 4.78 is 15.4. The van der Waals surface area contributed by atoms with Crippen LogP contribution in [0, 0.1) is 5.82 Å². The average molecular weight is 365 g/mol. The zero-order valence-electron chi connectivity index (χ0n) is 16.0. The second-order valence-corrected chi connectivity index (χ2v) is 7.51. The number of aromatic nitrogens is 3. The maximum absolute atomic E-state index is 13.5. The minimum absolute atomic E-state index is 0.0829. The Bertz CT molecular complexity index is 990. The van der Waals surface area contributed by atoms with Crippen LogP contribution in [0.5, 0.6) is 0 Å². The lowest BCUT2D eigenvalue weighted by molar-refractivity contribution is 0.280. The minimum atomic E-state index is -0.261. The van der Waals surface area contributed by atoms with Crippen LogP contribution in [0.1, 0.15) is 48.7 Å². The highest BCUT2D eigenvalue weighted by molar-refractivity contribution is 5.80. The van der Waals surface area contributed by atoms with Gasteiger partial charge < -0.3 is 5.11 Å². The molecule has 2 aromatic heterocycles. The van der Waals surface area contributed by atoms with Gasteiger partial charge in [-0.25, -0.2) is 4.39 Å². The molecular weight excluding hydrogens is 341 g/mol. The van der Waals surface area contributed by atoms with E-state index in [9.17, 15) is 9.50 Å². The lowest BCUT2D eigenvalue weighted by Gasteiger charge is -2.21. The van der Waals surface area contributed by atoms with Gasteiger partial charge >= 0.3 is 0 Å². The fraction of sp³-hybridized carbons (Fsp3) is 0.364. The number of nitrogens with zero attached hydrogens (tertiary/aromatic N) is 3. The first kappa shape index (κ1) is 17.9. The van der Waals surface area contributed by atoms with Crippen LogP contribution in [0.3, 0.4) is 0 Å². The van der Waals surface area contributed by atoms with Crippen molar-refractivity contribution >= 4 is 0 Å². The van der Waals surface area contributed by atoms with Gasteiger partial charge in [-0.1, -0.05) is 26.0 Å². The van der Waals surface area contributed by atoms with Gasteiger partial charge in [0.05, 0.1) is 18.0 Å². The van der Waals surface area contributed by atoms with Gasteiger partial charge in [0.25, 0.3) is 0 Å². The highest BCUT2D eigenvalue weighted by atomic mass is 19.1. The molecule has 0 fully saturated rings. The zero-order valence-corrected chi connectivity index (χ0v) is 16.0. The molecule has 4 rings (SSSR count). The smallest absolute Gasteiger partial charge is 0.123 e. The van der Waals surface area contributed by atoms with Gasteiger partial charge in [-0.15, -0.1) is 0 Å². The quantitative estimate of drug-likeness (QED) is 0.749. The van der Waals surface area contributed by atoms with Crippen molar-refractivity contribution in [1.82, 2.24) is 14.8 Å². The SMILES string of the molecule is CC(C)c1nc2c(c(-c3ccc(F)cc3)c1CO)CCCc1nn(C)cc1-2. The lowest BCUT2D eigenvalue weighted by atomic mass is 9.87. The Kier molecular flexibility index (Phi) is 4.56. The first-order chi connectivity index (χ1) is 13.0. The molecule has 0 atom stereocenters. The van der Waals surface area contributed by atoms with Crippen LogP contribution >= 0.6 is 0 Å². The van der Waals surface area contributed by atoms with E-state index < -0.39 is 0 Å². The molecule has 5 heteroatoms. The van der Waals surface area contributed by atoms with E-state index in [1.165, 1.54) is 12.1 Å². The number of aliphatic hydroxyl groups is 1. The number of hydrogen-bond acceptors (Lipinski definition) is 3. The number of halogens is 1. The third-order valence-corrected chi connectivity index (χ3v) is 5.27. The summed E-state index contributed by atoms with van der Waals surface area (Å²) in [6, 6.07) is 6.54. The maximum Gasteiger partial charge on any atom is 0.123 e. The van der Waals surface area contributed by atoms with Crippen molar-refractivity contribution in [2.75, 3.05) is 0 Å². The van der Waals surface area contributed by atoms with E-state index in [-0.39, 0.29) is 18.3 Å². The molecule has 2 heterocycles. The summed E-state index contributed by atoms with van der Waals surface area (Å²) in [5.74, 6) is -0.0944. The van der Waals surface area contributed by atoms with Crippen molar-refractivity contribution in [3.8, 4) is 22.4 Å². The largest absolute Gasteiger partial charge is 0.392 e. The molecule has 0 aliphatic heterocycles. The summed E-state index contributed by atoms with van der Waals surface area (Å²) >= 11 is 0. The molecule has 1 N–H and O–H groups in total. The van der Waals surface area contributed by atoms with E-state index >= 15 is 0 Å². The molecule has 1 aliphatic rings. The molecule has 27 heavy (non-hydrogen) atoms. The van der Waals surface area contributed by atoms with Gasteiger partial charge in [0.15, 0.2) is 0 Å². The fourth-order valence-electron chi connectivity index (χ4n) is 4.10. The number of rotatable bonds is 3. The molecule has 1 aromatic carbocycles. The topological polar surface area (TPSA) is 50.9 Å². The van der Waals surface area contributed by atoms with Gasteiger partial charge in [0, 0.05) is 30.1 Å². The molecule has 3 aromatic rings. The van der Waals surface area contributed by atoms with Crippen molar-refractivity contribution in [3.63, 3.8) is 0 Å². The molecule has 0 bridgehead atoms. The normalized spacial score (nSPS) is 13.4. The maximum atomic E-state index is 13.5. The third kappa shape index (κ3) is 3.06. The first-order valence-electron chi connectivity index (χ1n) is 9.45. The van der Waals surface area contributed by atoms with Crippen LogP contribution in [0.4, 0.5) is 4.39 Å². The second-order valence-electron chi connectivity index (χ2n) is 7.51. The number of pyridine rings is 1. The summed E-state index contributed by atoms with van der Waals surface area (Å²) in [4.78, 5) is 5.01. The summed E-state index contributed by atoms with van der Waals surface area (Å²) in [6.45, 7) is 4.09. The number of hydrogen-bond donors (Lipinski definition) is 1. The molecule has 0 amide bonds. The molecule has 0 spiro atoms. The van der Waals surface area contributed by atoms with E-state index in [0.29, 0.717) is 0 Å². The van der Waals surface area contributed by atoms with Crippen molar-refractivity contribution in [3.05, 3.63) is 58.8 Å². The minimum Gasteiger partial charge on any atom is -0.392 e. The molecule has 0 radical (unpaired) electrons. The van der Waals surface area contributed by atoms with E-state index in [0.717, 1.165) is 64.2 Å². The summed E-state index contributed by atoms with van der Waals surface area (Å²) in [5, 5.41) is 14.8. The van der Waals surface area contributed by atoms with Crippen molar-refractivity contribution < 1.29 is 9.50 Å². The van der Waals surface area contributed by atoms with Gasteiger partial charge in [0.1, 0.15) is 5.82 Å². The Morgan fingerprint density at radius 3 is 2.59 bits per heavy atom. The lowest BCUT2D eigenvalue weighted by Crippen LogP contribution is -2.09. The third-order valence-electron chi connectivity index (χ3n) is 5.27. The van der Waals surface area contributed by atoms with Gasteiger partial charge in [-0.3, -0.25) is 9.67 Å². The number of aliphatic hydroxyl groups excluding tert-OH is 1. The highest BCUT2D eigenvalue weighted by Crippen LogP contribution is 2.41. The van der Waals surface area contributed by atoms with Crippen LogP contribution < -0.4 is 0 Å². The monoisotopic (exact) mass is 365 g/mol. The van der Waals surface area contributed by atoms with Gasteiger partial charge in [0.2, 0.25) is 0 Å². The standard InChI is InChI=1S/C22H24FN3O/c1-13(2)21-18(12-27)20(14-7-9-15(23)10-8-14)16-5-4-6-19-17(22(16)24-21)11-26(3)25-19/h7-11,13,27H,4-6,12H2,1-3H3. The zero-order chi connectivity index (χ0) is 19.1. The Morgan fingerprint density at radius 1 is 1.19 bits per heavy atom. The molecule has 0 saturated carbocycles. The van der Waals surface area contributed by atoms with Gasteiger partial charge in [-0.2, -0.15) is 5.10 Å². The fourth-order valence-corrected chi connectivity index (χ4v) is 4.10. The molecule has 0 saturated heterocycles. The van der Waals surface area contributed by atoms with Crippen LogP contribution in [0.25, 0.3) is 22.4 Å². The first-order valence-corrected chi connectivity index (χ1v) is 9.45. The number of benzene rings is 1. The van der Waals surface area contributed by atoms with E-state index in [2.05, 4.69) is 18.9 Å². The molecular formula is C22H24FN3O. The predicted molar refractivity (Wildman–Crippen MR) is 104 cm³/mol. The molecule has 4 nitrogen and oxygen atoms in total. The van der Waals surface area contributed by atoms with E-state index in [4.69, 9.17) is 4.98 Å². The second kappa shape index (κ2) is 6.89. The Balaban J connectivity index is 2.08. The Hall–Kier alpha value is -2.53. The van der Waals surface area contributed by atoms with Crippen LogP contribution in [0.15, 0.2) is 30.5 Å². The Labute approximate surface area is 158 Å². The van der Waals surface area contributed by atoms with Gasteiger partial charge in [-0.05, 0) is 54.0 Å².